The van der Waals surface area contributed by atoms with Gasteiger partial charge in [-0.2, -0.15) is 16.8 Å². The van der Waals surface area contributed by atoms with Crippen molar-refractivity contribution < 1.29 is 50.6 Å². The highest BCUT2D eigenvalue weighted by atomic mass is 32.2. The molecule has 0 atom stereocenters. The zero-order valence-electron chi connectivity index (χ0n) is 17.4. The Bertz CT molecular complexity index is 1610. The molecule has 0 amide bonds. The lowest BCUT2D eigenvalue weighted by molar-refractivity contribution is -0.432. The van der Waals surface area contributed by atoms with Crippen LogP contribution in [0, 0.1) is 10.1 Å². The van der Waals surface area contributed by atoms with E-state index in [0.29, 0.717) is 18.1 Å². The molecule has 36 heavy (non-hydrogen) atoms. The van der Waals surface area contributed by atoms with Crippen LogP contribution in [0.4, 0.5) is 22.7 Å². The molecular weight excluding hydrogens is 548 g/mol. The molecular formula is C17H14N4O12S3. The van der Waals surface area contributed by atoms with E-state index in [9.17, 15) is 41.2 Å². The topological polar surface area (TPSA) is 262 Å². The van der Waals surface area contributed by atoms with Crippen molar-refractivity contribution in [1.82, 2.24) is 0 Å². The third-order valence-corrected chi connectivity index (χ3v) is 6.96. The predicted octanol–water partition coefficient (Wildman–Crippen LogP) is 3.51. The molecule has 6 N–H and O–H groups in total. The molecule has 192 valence electrons. The van der Waals surface area contributed by atoms with Crippen molar-refractivity contribution in [3.05, 3.63) is 52.1 Å². The van der Waals surface area contributed by atoms with Crippen LogP contribution in [-0.2, 0) is 35.4 Å². The largest absolute Gasteiger partial charge is 0.507 e. The maximum Gasteiger partial charge on any atom is 0.297 e. The number of azo groups is 1. The molecule has 0 heterocycles. The second-order valence-electron chi connectivity index (χ2n) is 6.77. The molecule has 0 radical (unpaired) electrons. The van der Waals surface area contributed by atoms with Gasteiger partial charge in [-0.15, -0.1) is 14.6 Å². The van der Waals surface area contributed by atoms with Crippen LogP contribution in [0.25, 0.3) is 10.8 Å². The van der Waals surface area contributed by atoms with Crippen molar-refractivity contribution >= 4 is 65.8 Å². The highest BCUT2D eigenvalue weighted by Crippen LogP contribution is 2.44. The fourth-order valence-corrected chi connectivity index (χ4v) is 5.07. The monoisotopic (exact) mass is 562 g/mol. The Kier molecular flexibility index (Phi) is 7.76. The van der Waals surface area contributed by atoms with E-state index in [4.69, 9.17) is 11.0 Å². The lowest BCUT2D eigenvalue weighted by atomic mass is 10.0. The van der Waals surface area contributed by atoms with Gasteiger partial charge in [-0.1, -0.05) is 11.1 Å². The summed E-state index contributed by atoms with van der Waals surface area (Å²) in [6.07, 6.45) is 0. The minimum Gasteiger partial charge on any atom is -0.507 e. The number of nitrogens with zero attached hydrogens (tertiary/aromatic N) is 3. The van der Waals surface area contributed by atoms with Gasteiger partial charge in [0.1, 0.15) is 26.9 Å². The van der Waals surface area contributed by atoms with Crippen LogP contribution in [0.5, 0.6) is 5.75 Å². The van der Waals surface area contributed by atoms with Crippen molar-refractivity contribution in [1.29, 1.82) is 0 Å². The summed E-state index contributed by atoms with van der Waals surface area (Å²) in [7, 11) is -9.84. The summed E-state index contributed by atoms with van der Waals surface area (Å²) < 4.78 is 70.4. The van der Waals surface area contributed by atoms with E-state index >= 15 is 0 Å². The van der Waals surface area contributed by atoms with Crippen LogP contribution in [-0.4, -0.2) is 41.2 Å². The number of aromatic hydroxyl groups is 1. The van der Waals surface area contributed by atoms with Gasteiger partial charge in [0.05, 0.1) is 21.7 Å². The molecule has 3 rings (SSSR count). The van der Waals surface area contributed by atoms with Crippen LogP contribution >= 0.6 is 12.0 Å². The van der Waals surface area contributed by atoms with Gasteiger partial charge in [-0.3, -0.25) is 19.2 Å². The number of non-ortho nitro benzene ring substituents is 1. The van der Waals surface area contributed by atoms with E-state index in [0.717, 1.165) is 18.2 Å². The van der Waals surface area contributed by atoms with Crippen LogP contribution in [0.2, 0.25) is 0 Å². The van der Waals surface area contributed by atoms with E-state index in [1.165, 1.54) is 12.1 Å². The van der Waals surface area contributed by atoms with E-state index in [1.54, 1.807) is 0 Å². The molecule has 3 aromatic rings. The number of nitro groups is 1. The van der Waals surface area contributed by atoms with Gasteiger partial charge in [-0.05, 0) is 23.6 Å². The highest BCUT2D eigenvalue weighted by Gasteiger charge is 2.25. The van der Waals surface area contributed by atoms with Crippen LogP contribution < -0.4 is 5.73 Å². The Balaban J connectivity index is 2.27. The lowest BCUT2D eigenvalue weighted by Gasteiger charge is -2.14. The SMILES string of the molecule is Nc1ccc2cc(S(=O)(=O)O)c(CSOOO)c(O)c2c1N=Nc1ccc([N+](=O)[O-])cc1S(=O)(=O)O. The van der Waals surface area contributed by atoms with E-state index in [1.807, 2.05) is 0 Å². The van der Waals surface area contributed by atoms with Gasteiger partial charge in [0.15, 0.2) is 0 Å². The summed E-state index contributed by atoms with van der Waals surface area (Å²) in [4.78, 5) is 8.42. The average molecular weight is 563 g/mol. The van der Waals surface area contributed by atoms with Gasteiger partial charge < -0.3 is 10.8 Å². The molecule has 0 aromatic heterocycles. The molecule has 0 spiro atoms. The summed E-state index contributed by atoms with van der Waals surface area (Å²) >= 11 is 0.345. The van der Waals surface area contributed by atoms with Crippen molar-refractivity contribution in [3.8, 4) is 5.75 Å². The van der Waals surface area contributed by atoms with Gasteiger partial charge in [0.2, 0.25) is 0 Å². The number of anilines is 1. The van der Waals surface area contributed by atoms with E-state index in [-0.39, 0.29) is 22.1 Å². The highest BCUT2D eigenvalue weighted by molar-refractivity contribution is 7.93. The summed E-state index contributed by atoms with van der Waals surface area (Å²) in [6, 6.07) is 5.89. The number of phenols is 1. The summed E-state index contributed by atoms with van der Waals surface area (Å²) in [5.74, 6) is -1.22. The number of benzene rings is 3. The number of nitrogens with two attached hydrogens (primary N) is 1. The molecule has 0 unspecified atom stereocenters. The molecule has 0 aliphatic carbocycles. The first-order valence-corrected chi connectivity index (χ1v) is 12.9. The number of hydrogen-bond acceptors (Lipinski definition) is 14. The Morgan fingerprint density at radius 2 is 1.69 bits per heavy atom. The van der Waals surface area contributed by atoms with Crippen molar-refractivity contribution in [2.24, 2.45) is 10.2 Å². The second-order valence-corrected chi connectivity index (χ2v) is 10.2. The van der Waals surface area contributed by atoms with Gasteiger partial charge in [0.25, 0.3) is 25.9 Å². The average Bonchev–Trinajstić information content (AvgIpc) is 2.78. The molecule has 16 nitrogen and oxygen atoms in total. The first kappa shape index (κ1) is 27.2. The minimum absolute atomic E-state index is 0.00931. The molecule has 0 fully saturated rings. The number of hydrogen-bond donors (Lipinski definition) is 5. The van der Waals surface area contributed by atoms with Crippen molar-refractivity contribution in [3.63, 3.8) is 0 Å². The Morgan fingerprint density at radius 1 is 1.03 bits per heavy atom. The van der Waals surface area contributed by atoms with Gasteiger partial charge >= 0.3 is 0 Å². The molecule has 0 bridgehead atoms. The summed E-state index contributed by atoms with van der Waals surface area (Å²) in [5.41, 5.74) is 3.96. The number of phenolic OH excluding ortho intramolecular Hbond substituents is 1. The Morgan fingerprint density at radius 3 is 2.28 bits per heavy atom. The zero-order chi connectivity index (χ0) is 26.8. The number of nitro benzene ring substituents is 1. The fourth-order valence-electron chi connectivity index (χ4n) is 3.08. The number of nitrogen functional groups attached to an aromatic ring is 1. The third kappa shape index (κ3) is 5.68. The normalized spacial score (nSPS) is 12.4. The third-order valence-electron chi connectivity index (χ3n) is 4.60. The Labute approximate surface area is 205 Å². The maximum atomic E-state index is 11.9. The zero-order valence-corrected chi connectivity index (χ0v) is 19.8. The number of rotatable bonds is 9. The minimum atomic E-state index is -4.98. The molecule has 19 heteroatoms. The molecule has 0 saturated heterocycles. The van der Waals surface area contributed by atoms with Crippen molar-refractivity contribution in [2.45, 2.75) is 15.5 Å². The quantitative estimate of drug-likeness (QED) is 0.0365. The predicted molar refractivity (Wildman–Crippen MR) is 123 cm³/mol. The molecule has 0 aliphatic heterocycles. The van der Waals surface area contributed by atoms with Gasteiger partial charge in [0, 0.05) is 29.7 Å². The van der Waals surface area contributed by atoms with Crippen molar-refractivity contribution in [2.75, 3.05) is 5.73 Å². The first-order valence-electron chi connectivity index (χ1n) is 9.07. The molecule has 3 aromatic carbocycles. The molecule has 0 aliphatic rings. The first-order chi connectivity index (χ1) is 16.8. The van der Waals surface area contributed by atoms with Crippen LogP contribution in [0.3, 0.4) is 0 Å². The Hall–Kier alpha value is -3.43. The van der Waals surface area contributed by atoms with Crippen LogP contribution in [0.1, 0.15) is 5.56 Å². The summed E-state index contributed by atoms with van der Waals surface area (Å²) in [5, 5.41) is 40.9. The van der Waals surface area contributed by atoms with Gasteiger partial charge in [-0.25, -0.2) is 5.26 Å². The number of fused-ring (bicyclic) bond motifs is 1. The second kappa shape index (κ2) is 10.3. The molecule has 0 saturated carbocycles. The van der Waals surface area contributed by atoms with Crippen LogP contribution in [0.15, 0.2) is 56.4 Å². The fraction of sp³-hybridized carbons (Fsp3) is 0.0588. The lowest BCUT2D eigenvalue weighted by Crippen LogP contribution is -2.04. The summed E-state index contributed by atoms with van der Waals surface area (Å²) in [6.45, 7) is 0. The van der Waals surface area contributed by atoms with E-state index in [2.05, 4.69) is 19.6 Å². The standard InChI is InChI=1S/C17H14N4O12S3/c18-11-3-1-8-5-13(35(26,27)28)10(7-34-33-32-25)17(22)15(8)16(11)20-19-12-4-2-9(21(23)24)6-14(12)36(29,30)31/h1-6,22,25H,7,18H2,(H,26,27,28)(H,29,30,31). The smallest absolute Gasteiger partial charge is 0.297 e. The van der Waals surface area contributed by atoms with E-state index < -0.39 is 63.4 Å². The maximum absolute atomic E-state index is 11.9.